The first-order valence-corrected chi connectivity index (χ1v) is 9.61. The summed E-state index contributed by atoms with van der Waals surface area (Å²) < 4.78 is 0. The summed E-state index contributed by atoms with van der Waals surface area (Å²) in [6.07, 6.45) is 1.34. The number of nitrogens with one attached hydrogen (secondary N) is 1. The Balaban J connectivity index is 1.48. The van der Waals surface area contributed by atoms with E-state index in [1.54, 1.807) is 11.0 Å². The van der Waals surface area contributed by atoms with Gasteiger partial charge in [0.2, 0.25) is 23.6 Å². The molecular formula is C22H21N3O4. The van der Waals surface area contributed by atoms with Gasteiger partial charge in [0.1, 0.15) is 6.54 Å². The Morgan fingerprint density at radius 1 is 0.828 bits per heavy atom. The molecule has 0 spiro atoms. The summed E-state index contributed by atoms with van der Waals surface area (Å²) in [6.45, 7) is 0.227. The number of hydrogen-bond donors (Lipinski definition) is 1. The average molecular weight is 391 g/mol. The van der Waals surface area contributed by atoms with Gasteiger partial charge in [-0.3, -0.25) is 24.1 Å². The molecule has 2 aromatic rings. The minimum Gasteiger partial charge on any atom is -0.325 e. The van der Waals surface area contributed by atoms with Gasteiger partial charge in [0, 0.05) is 30.6 Å². The van der Waals surface area contributed by atoms with Crippen LogP contribution in [-0.2, 0) is 32.1 Å². The van der Waals surface area contributed by atoms with E-state index in [0.717, 1.165) is 21.7 Å². The van der Waals surface area contributed by atoms with Gasteiger partial charge in [0.05, 0.1) is 6.54 Å². The quantitative estimate of drug-likeness (QED) is 0.792. The van der Waals surface area contributed by atoms with Crippen molar-refractivity contribution in [2.45, 2.75) is 32.2 Å². The zero-order chi connectivity index (χ0) is 20.4. The molecule has 1 fully saturated rings. The van der Waals surface area contributed by atoms with E-state index in [9.17, 15) is 19.2 Å². The summed E-state index contributed by atoms with van der Waals surface area (Å²) >= 11 is 0. The minimum atomic E-state index is -0.415. The zero-order valence-corrected chi connectivity index (χ0v) is 15.9. The maximum atomic E-state index is 12.5. The van der Waals surface area contributed by atoms with E-state index in [1.807, 2.05) is 42.5 Å². The van der Waals surface area contributed by atoms with Crippen LogP contribution in [0.3, 0.4) is 0 Å². The second kappa shape index (κ2) is 7.87. The largest absolute Gasteiger partial charge is 0.325 e. The van der Waals surface area contributed by atoms with Gasteiger partial charge in [-0.2, -0.15) is 0 Å². The molecule has 0 radical (unpaired) electrons. The lowest BCUT2D eigenvalue weighted by Crippen LogP contribution is -2.37. The van der Waals surface area contributed by atoms with Crippen molar-refractivity contribution in [2.75, 3.05) is 16.8 Å². The number of imide groups is 1. The highest BCUT2D eigenvalue weighted by atomic mass is 16.2. The van der Waals surface area contributed by atoms with Crippen molar-refractivity contribution in [1.82, 2.24) is 4.90 Å². The average Bonchev–Trinajstić information content (AvgIpc) is 3.03. The molecule has 1 N–H and O–H groups in total. The Labute approximate surface area is 168 Å². The third-order valence-corrected chi connectivity index (χ3v) is 5.20. The predicted molar refractivity (Wildman–Crippen MR) is 107 cm³/mol. The Morgan fingerprint density at radius 2 is 1.48 bits per heavy atom. The molecule has 148 valence electrons. The van der Waals surface area contributed by atoms with Crippen LogP contribution in [0.2, 0.25) is 0 Å². The summed E-state index contributed by atoms with van der Waals surface area (Å²) in [5.74, 6) is -0.970. The van der Waals surface area contributed by atoms with Crippen LogP contribution in [0.25, 0.3) is 0 Å². The van der Waals surface area contributed by atoms with Gasteiger partial charge in [-0.1, -0.05) is 30.3 Å². The maximum Gasteiger partial charge on any atom is 0.244 e. The van der Waals surface area contributed by atoms with Crippen LogP contribution < -0.4 is 10.2 Å². The number of hydrogen-bond acceptors (Lipinski definition) is 4. The molecule has 0 saturated carbocycles. The van der Waals surface area contributed by atoms with E-state index < -0.39 is 5.91 Å². The number of carbonyl (C=O) groups is 4. The minimum absolute atomic E-state index is 0.0733. The van der Waals surface area contributed by atoms with E-state index in [2.05, 4.69) is 5.32 Å². The van der Waals surface area contributed by atoms with Crippen LogP contribution in [0, 0.1) is 0 Å². The Morgan fingerprint density at radius 3 is 2.21 bits per heavy atom. The molecule has 0 aliphatic carbocycles. The molecule has 4 amide bonds. The van der Waals surface area contributed by atoms with E-state index >= 15 is 0 Å². The molecule has 2 aliphatic heterocycles. The fraction of sp³-hybridized carbons (Fsp3) is 0.273. The van der Waals surface area contributed by atoms with Crippen LogP contribution in [0.1, 0.15) is 30.4 Å². The van der Waals surface area contributed by atoms with Crippen LogP contribution >= 0.6 is 0 Å². The number of benzene rings is 2. The molecule has 0 aromatic heterocycles. The first-order valence-electron chi connectivity index (χ1n) is 9.61. The van der Waals surface area contributed by atoms with Crippen molar-refractivity contribution in [1.29, 1.82) is 0 Å². The Bertz CT molecular complexity index is 971. The normalized spacial score (nSPS) is 16.2. The van der Waals surface area contributed by atoms with Crippen molar-refractivity contribution in [3.63, 3.8) is 0 Å². The molecule has 4 rings (SSSR count). The standard InChI is InChI=1S/C22H21N3O4/c26-19(14-25-21(28)10-11-22(25)29)23-17-7-8-18-16(12-17)6-9-20(27)24(18)13-15-4-2-1-3-5-15/h1-5,7-8,12H,6,9-11,13-14H2,(H,23,26). The second-order valence-electron chi connectivity index (χ2n) is 7.23. The molecular weight excluding hydrogens is 370 g/mol. The maximum absolute atomic E-state index is 12.5. The second-order valence-corrected chi connectivity index (χ2v) is 7.23. The van der Waals surface area contributed by atoms with E-state index in [0.29, 0.717) is 25.1 Å². The van der Waals surface area contributed by atoms with Gasteiger partial charge in [-0.05, 0) is 35.7 Å². The summed E-state index contributed by atoms with van der Waals surface area (Å²) in [7, 11) is 0. The molecule has 0 atom stereocenters. The lowest BCUT2D eigenvalue weighted by molar-refractivity contribution is -0.141. The molecule has 2 aromatic carbocycles. The summed E-state index contributed by atoms with van der Waals surface area (Å²) in [5, 5.41) is 2.75. The fourth-order valence-corrected chi connectivity index (χ4v) is 3.72. The monoisotopic (exact) mass is 391 g/mol. The van der Waals surface area contributed by atoms with Gasteiger partial charge in [-0.15, -0.1) is 0 Å². The first kappa shape index (κ1) is 18.9. The number of nitrogens with zero attached hydrogens (tertiary/aromatic N) is 2. The van der Waals surface area contributed by atoms with Crippen molar-refractivity contribution in [3.05, 3.63) is 59.7 Å². The number of fused-ring (bicyclic) bond motifs is 1. The molecule has 7 heteroatoms. The smallest absolute Gasteiger partial charge is 0.244 e. The van der Waals surface area contributed by atoms with Gasteiger partial charge >= 0.3 is 0 Å². The van der Waals surface area contributed by atoms with Gasteiger partial charge in [-0.25, -0.2) is 0 Å². The molecule has 1 saturated heterocycles. The van der Waals surface area contributed by atoms with Crippen molar-refractivity contribution in [3.8, 4) is 0 Å². The topological polar surface area (TPSA) is 86.8 Å². The molecule has 0 unspecified atom stereocenters. The van der Waals surface area contributed by atoms with Gasteiger partial charge in [0.25, 0.3) is 0 Å². The molecule has 2 aliphatic rings. The number of likely N-dealkylation sites (tertiary alicyclic amines) is 1. The highest BCUT2D eigenvalue weighted by Crippen LogP contribution is 2.31. The lowest BCUT2D eigenvalue weighted by atomic mass is 9.99. The summed E-state index contributed by atoms with van der Waals surface area (Å²) in [6, 6.07) is 15.2. The number of rotatable bonds is 5. The Hall–Kier alpha value is -3.48. The van der Waals surface area contributed by atoms with Crippen LogP contribution in [-0.4, -0.2) is 35.1 Å². The van der Waals surface area contributed by atoms with Crippen molar-refractivity contribution in [2.24, 2.45) is 0 Å². The molecule has 0 bridgehead atoms. The number of carbonyl (C=O) groups excluding carboxylic acids is 4. The number of amides is 4. The molecule has 7 nitrogen and oxygen atoms in total. The van der Waals surface area contributed by atoms with E-state index in [-0.39, 0.29) is 37.1 Å². The third kappa shape index (κ3) is 4.03. The highest BCUT2D eigenvalue weighted by molar-refractivity contribution is 6.06. The predicted octanol–water partition coefficient (Wildman–Crippen LogP) is 2.25. The zero-order valence-electron chi connectivity index (χ0n) is 15.9. The number of aryl methyl sites for hydroxylation is 1. The van der Waals surface area contributed by atoms with Crippen molar-refractivity contribution >= 4 is 35.0 Å². The van der Waals surface area contributed by atoms with Gasteiger partial charge in [0.15, 0.2) is 0 Å². The molecule has 29 heavy (non-hydrogen) atoms. The van der Waals surface area contributed by atoms with Crippen LogP contribution in [0.4, 0.5) is 11.4 Å². The number of anilines is 2. The first-order chi connectivity index (χ1) is 14.0. The van der Waals surface area contributed by atoms with Gasteiger partial charge < -0.3 is 10.2 Å². The lowest BCUT2D eigenvalue weighted by Gasteiger charge is -2.30. The Kier molecular flexibility index (Phi) is 5.12. The fourth-order valence-electron chi connectivity index (χ4n) is 3.72. The van der Waals surface area contributed by atoms with E-state index in [4.69, 9.17) is 0 Å². The third-order valence-electron chi connectivity index (χ3n) is 5.20. The van der Waals surface area contributed by atoms with Crippen LogP contribution in [0.15, 0.2) is 48.5 Å². The summed E-state index contributed by atoms with van der Waals surface area (Å²) in [4.78, 5) is 50.8. The highest BCUT2D eigenvalue weighted by Gasteiger charge is 2.30. The van der Waals surface area contributed by atoms with E-state index in [1.165, 1.54) is 0 Å². The molecule has 2 heterocycles. The SMILES string of the molecule is O=C(CN1C(=O)CCC1=O)Nc1ccc2c(c1)CCC(=O)N2Cc1ccccc1. The summed E-state index contributed by atoms with van der Waals surface area (Å²) in [5.41, 5.74) is 3.45. The van der Waals surface area contributed by atoms with Crippen LogP contribution in [0.5, 0.6) is 0 Å². The van der Waals surface area contributed by atoms with Crippen molar-refractivity contribution < 1.29 is 19.2 Å².